The first kappa shape index (κ1) is 22.3. The van der Waals surface area contributed by atoms with E-state index in [2.05, 4.69) is 13.8 Å². The van der Waals surface area contributed by atoms with Crippen molar-refractivity contribution in [3.63, 3.8) is 0 Å². The fourth-order valence-electron chi connectivity index (χ4n) is 4.02. The number of hydrogen-bond donors (Lipinski definition) is 0. The number of nitrogens with zero attached hydrogens (tertiary/aromatic N) is 2. The van der Waals surface area contributed by atoms with E-state index in [1.54, 1.807) is 35.5 Å². The van der Waals surface area contributed by atoms with E-state index in [0.29, 0.717) is 37.0 Å². The van der Waals surface area contributed by atoms with Gasteiger partial charge in [0.25, 0.3) is 5.91 Å². The van der Waals surface area contributed by atoms with Crippen molar-refractivity contribution in [1.82, 2.24) is 9.21 Å². The van der Waals surface area contributed by atoms with Crippen molar-refractivity contribution in [3.05, 3.63) is 59.7 Å². The molecule has 162 valence electrons. The van der Waals surface area contributed by atoms with E-state index in [9.17, 15) is 13.2 Å². The van der Waals surface area contributed by atoms with Crippen LogP contribution < -0.4 is 4.74 Å². The maximum absolute atomic E-state index is 13.0. The van der Waals surface area contributed by atoms with Crippen LogP contribution in [0.15, 0.2) is 53.4 Å². The lowest BCUT2D eigenvalue weighted by molar-refractivity contribution is 0.0785. The molecule has 1 aliphatic rings. The van der Waals surface area contributed by atoms with Crippen LogP contribution in [-0.2, 0) is 16.6 Å². The fourth-order valence-corrected chi connectivity index (χ4v) is 5.70. The maximum atomic E-state index is 13.0. The second kappa shape index (κ2) is 9.18. The second-order valence-electron chi connectivity index (χ2n) is 8.30. The lowest BCUT2D eigenvalue weighted by Gasteiger charge is -2.34. The van der Waals surface area contributed by atoms with Gasteiger partial charge in [-0.05, 0) is 60.2 Å². The van der Waals surface area contributed by atoms with E-state index in [1.807, 2.05) is 24.3 Å². The van der Waals surface area contributed by atoms with Crippen molar-refractivity contribution < 1.29 is 17.9 Å². The number of methoxy groups -OCH3 is 1. The summed E-state index contributed by atoms with van der Waals surface area (Å²) in [7, 11) is -0.207. The number of ether oxygens (including phenoxy) is 1. The highest BCUT2D eigenvalue weighted by Crippen LogP contribution is 2.27. The van der Waals surface area contributed by atoms with Gasteiger partial charge in [0.2, 0.25) is 10.0 Å². The molecule has 0 saturated carbocycles. The summed E-state index contributed by atoms with van der Waals surface area (Å²) < 4.78 is 32.7. The third-order valence-electron chi connectivity index (χ3n) is 5.50. The van der Waals surface area contributed by atoms with Crippen molar-refractivity contribution in [2.45, 2.75) is 31.7 Å². The van der Waals surface area contributed by atoms with Gasteiger partial charge in [-0.15, -0.1) is 0 Å². The van der Waals surface area contributed by atoms with Crippen LogP contribution in [0.3, 0.4) is 0 Å². The molecule has 30 heavy (non-hydrogen) atoms. The molecule has 2 aromatic rings. The molecule has 0 aromatic heterocycles. The van der Waals surface area contributed by atoms with Gasteiger partial charge in [-0.1, -0.05) is 26.0 Å². The molecule has 1 fully saturated rings. The van der Waals surface area contributed by atoms with Crippen LogP contribution in [0.4, 0.5) is 0 Å². The van der Waals surface area contributed by atoms with Crippen LogP contribution in [0.5, 0.6) is 5.75 Å². The monoisotopic (exact) mass is 430 g/mol. The molecule has 6 nitrogen and oxygen atoms in total. The van der Waals surface area contributed by atoms with Gasteiger partial charge in [0.1, 0.15) is 5.75 Å². The molecule has 2 aromatic carbocycles. The average molecular weight is 431 g/mol. The largest absolute Gasteiger partial charge is 0.497 e. The number of amides is 1. The van der Waals surface area contributed by atoms with Gasteiger partial charge in [0.05, 0.1) is 12.0 Å². The molecule has 0 radical (unpaired) electrons. The quantitative estimate of drug-likeness (QED) is 0.702. The zero-order valence-electron chi connectivity index (χ0n) is 18.0. The number of carbonyl (C=O) groups is 1. The first-order valence-corrected chi connectivity index (χ1v) is 11.6. The number of benzene rings is 2. The minimum atomic E-state index is -3.55. The normalized spacial score (nSPS) is 20.0. The van der Waals surface area contributed by atoms with E-state index >= 15 is 0 Å². The summed E-state index contributed by atoms with van der Waals surface area (Å²) >= 11 is 0. The van der Waals surface area contributed by atoms with E-state index in [-0.39, 0.29) is 10.8 Å². The summed E-state index contributed by atoms with van der Waals surface area (Å²) in [6.45, 7) is 5.69. The molecule has 0 aliphatic carbocycles. The van der Waals surface area contributed by atoms with Crippen LogP contribution in [0.1, 0.15) is 36.2 Å². The number of sulfonamides is 1. The third kappa shape index (κ3) is 5.02. The summed E-state index contributed by atoms with van der Waals surface area (Å²) in [6.07, 6.45) is 1.04. The highest BCUT2D eigenvalue weighted by Gasteiger charge is 2.31. The van der Waals surface area contributed by atoms with E-state index in [4.69, 9.17) is 4.74 Å². The predicted molar refractivity (Wildman–Crippen MR) is 117 cm³/mol. The zero-order valence-corrected chi connectivity index (χ0v) is 18.9. The summed E-state index contributed by atoms with van der Waals surface area (Å²) in [4.78, 5) is 14.6. The number of piperidine rings is 1. The van der Waals surface area contributed by atoms with Gasteiger partial charge in [-0.25, -0.2) is 8.42 Å². The Morgan fingerprint density at radius 3 is 2.13 bits per heavy atom. The Bertz CT molecular complexity index is 961. The van der Waals surface area contributed by atoms with Gasteiger partial charge >= 0.3 is 0 Å². The fraction of sp³-hybridized carbons (Fsp3) is 0.435. The van der Waals surface area contributed by atoms with Crippen molar-refractivity contribution in [2.24, 2.45) is 11.8 Å². The van der Waals surface area contributed by atoms with Crippen LogP contribution in [0, 0.1) is 11.8 Å². The molecular formula is C23H30N2O4S. The minimum Gasteiger partial charge on any atom is -0.497 e. The van der Waals surface area contributed by atoms with Crippen LogP contribution in [0.25, 0.3) is 0 Å². The van der Waals surface area contributed by atoms with Gasteiger partial charge in [-0.3, -0.25) is 4.79 Å². The van der Waals surface area contributed by atoms with Crippen molar-refractivity contribution in [2.75, 3.05) is 27.2 Å². The van der Waals surface area contributed by atoms with Crippen LogP contribution in [0.2, 0.25) is 0 Å². The van der Waals surface area contributed by atoms with Gasteiger partial charge in [0, 0.05) is 32.2 Å². The van der Waals surface area contributed by atoms with Gasteiger partial charge < -0.3 is 9.64 Å². The highest BCUT2D eigenvalue weighted by molar-refractivity contribution is 7.89. The average Bonchev–Trinajstić information content (AvgIpc) is 2.73. The van der Waals surface area contributed by atoms with Crippen molar-refractivity contribution in [3.8, 4) is 5.75 Å². The molecule has 7 heteroatoms. The minimum absolute atomic E-state index is 0.157. The molecular weight excluding hydrogens is 400 g/mol. The third-order valence-corrected chi connectivity index (χ3v) is 7.35. The van der Waals surface area contributed by atoms with E-state index in [0.717, 1.165) is 17.7 Å². The smallest absolute Gasteiger partial charge is 0.253 e. The van der Waals surface area contributed by atoms with Crippen molar-refractivity contribution in [1.29, 1.82) is 0 Å². The SMILES string of the molecule is COc1ccc(CN(C)C(=O)c2ccc(S(=O)(=O)N3CC(C)CC(C)C3)cc2)cc1. The molecule has 1 amide bonds. The van der Waals surface area contributed by atoms with E-state index in [1.165, 1.54) is 12.1 Å². The second-order valence-corrected chi connectivity index (χ2v) is 10.2. The lowest BCUT2D eigenvalue weighted by atomic mass is 9.94. The maximum Gasteiger partial charge on any atom is 0.253 e. The standard InChI is InChI=1S/C23H30N2O4S/c1-17-13-18(2)15-25(14-17)30(27,28)22-11-7-20(8-12-22)23(26)24(3)16-19-5-9-21(29-4)10-6-19/h5-12,17-18H,13-16H2,1-4H3. The molecule has 1 saturated heterocycles. The Hall–Kier alpha value is -2.38. The van der Waals surface area contributed by atoms with Gasteiger partial charge in [0.15, 0.2) is 0 Å². The molecule has 1 aliphatic heterocycles. The Morgan fingerprint density at radius 2 is 1.60 bits per heavy atom. The van der Waals surface area contributed by atoms with E-state index < -0.39 is 10.0 Å². The zero-order chi connectivity index (χ0) is 21.9. The molecule has 2 unspecified atom stereocenters. The molecule has 3 rings (SSSR count). The summed E-state index contributed by atoms with van der Waals surface area (Å²) in [5, 5.41) is 0. The Balaban J connectivity index is 1.70. The topological polar surface area (TPSA) is 66.9 Å². The molecule has 0 spiro atoms. The van der Waals surface area contributed by atoms with Crippen LogP contribution in [-0.4, -0.2) is 50.8 Å². The Labute approximate surface area is 179 Å². The first-order valence-electron chi connectivity index (χ1n) is 10.2. The number of rotatable bonds is 6. The van der Waals surface area contributed by atoms with Gasteiger partial charge in [-0.2, -0.15) is 4.31 Å². The predicted octanol–water partition coefficient (Wildman–Crippen LogP) is 3.63. The molecule has 2 atom stereocenters. The summed E-state index contributed by atoms with van der Waals surface area (Å²) in [5.41, 5.74) is 1.45. The Kier molecular flexibility index (Phi) is 6.83. The number of carbonyl (C=O) groups excluding carboxylic acids is 1. The molecule has 0 N–H and O–H groups in total. The summed E-state index contributed by atoms with van der Waals surface area (Å²) in [6, 6.07) is 13.8. The van der Waals surface area contributed by atoms with Crippen LogP contribution >= 0.6 is 0 Å². The highest BCUT2D eigenvalue weighted by atomic mass is 32.2. The Morgan fingerprint density at radius 1 is 1.03 bits per heavy atom. The first-order chi connectivity index (χ1) is 14.2. The molecule has 1 heterocycles. The number of hydrogen-bond acceptors (Lipinski definition) is 4. The summed E-state index contributed by atoms with van der Waals surface area (Å²) in [5.74, 6) is 1.30. The lowest BCUT2D eigenvalue weighted by Crippen LogP contribution is -2.42. The van der Waals surface area contributed by atoms with Crippen molar-refractivity contribution >= 4 is 15.9 Å². The molecule has 0 bridgehead atoms.